The van der Waals surface area contributed by atoms with Crippen molar-refractivity contribution in [1.29, 1.82) is 0 Å². The largest absolute Gasteiger partial charge is 0.416 e. The van der Waals surface area contributed by atoms with E-state index in [4.69, 9.17) is 0 Å². The third-order valence-electron chi connectivity index (χ3n) is 6.76. The number of rotatable bonds is 4. The first-order valence-electron chi connectivity index (χ1n) is 11.9. The number of hydrogen-bond donors (Lipinski definition) is 1. The second kappa shape index (κ2) is 9.77. The van der Waals surface area contributed by atoms with Crippen LogP contribution in [0, 0.1) is 0 Å². The highest BCUT2D eigenvalue weighted by molar-refractivity contribution is 6.04. The molecular weight excluding hydrogens is 469 g/mol. The summed E-state index contributed by atoms with van der Waals surface area (Å²) in [6, 6.07) is 9.23. The first-order chi connectivity index (χ1) is 17.3. The van der Waals surface area contributed by atoms with Crippen molar-refractivity contribution < 1.29 is 18.0 Å². The van der Waals surface area contributed by atoms with Crippen LogP contribution in [0.3, 0.4) is 0 Å². The maximum atomic E-state index is 13.6. The van der Waals surface area contributed by atoms with Crippen molar-refractivity contribution in [2.45, 2.75) is 19.1 Å². The van der Waals surface area contributed by atoms with Crippen LogP contribution in [-0.2, 0) is 19.1 Å². The molecule has 0 radical (unpaired) electrons. The highest BCUT2D eigenvalue weighted by atomic mass is 19.4. The summed E-state index contributed by atoms with van der Waals surface area (Å²) < 4.78 is 40.9. The van der Waals surface area contributed by atoms with Gasteiger partial charge >= 0.3 is 6.18 Å². The molecule has 0 spiro atoms. The van der Waals surface area contributed by atoms with Crippen LogP contribution in [0.25, 0.3) is 0 Å². The van der Waals surface area contributed by atoms with Crippen molar-refractivity contribution >= 4 is 23.0 Å². The summed E-state index contributed by atoms with van der Waals surface area (Å²) in [5.41, 5.74) is 3.26. The number of halogens is 3. The second-order valence-corrected chi connectivity index (χ2v) is 9.26. The second-order valence-electron chi connectivity index (χ2n) is 9.26. The molecule has 0 aliphatic carbocycles. The molecule has 1 fully saturated rings. The van der Waals surface area contributed by atoms with Crippen LogP contribution < -0.4 is 15.1 Å². The van der Waals surface area contributed by atoms with E-state index in [0.29, 0.717) is 30.9 Å². The number of carbonyl (C=O) groups is 1. The van der Waals surface area contributed by atoms with Crippen LogP contribution in [0.2, 0.25) is 0 Å². The van der Waals surface area contributed by atoms with Crippen LogP contribution in [0.1, 0.15) is 27.0 Å². The monoisotopic (exact) mass is 496 g/mol. The molecule has 2 aliphatic heterocycles. The van der Waals surface area contributed by atoms with Gasteiger partial charge in [0.05, 0.1) is 23.6 Å². The SMILES string of the molecule is CN1CCN(c2cc(NC(=O)c3ccc4c(c3)CN(c3cncnc3)CC4)cc(C(F)(F)F)c2)CC1. The van der Waals surface area contributed by atoms with Crippen molar-refractivity contribution in [3.63, 3.8) is 0 Å². The molecular formula is C26H27F3N6O. The lowest BCUT2D eigenvalue weighted by molar-refractivity contribution is -0.137. The third kappa shape index (κ3) is 5.28. The molecule has 1 amide bonds. The Balaban J connectivity index is 1.37. The minimum atomic E-state index is -4.52. The number of aromatic nitrogens is 2. The van der Waals surface area contributed by atoms with Crippen LogP contribution in [-0.4, -0.2) is 60.5 Å². The van der Waals surface area contributed by atoms with E-state index in [1.165, 1.54) is 6.33 Å². The normalized spacial score (nSPS) is 16.6. The van der Waals surface area contributed by atoms with Gasteiger partial charge in [0, 0.05) is 56.2 Å². The molecule has 0 bridgehead atoms. The number of likely N-dealkylation sites (N-methyl/N-ethyl adjacent to an activating group) is 1. The molecule has 3 heterocycles. The molecule has 1 N–H and O–H groups in total. The topological polar surface area (TPSA) is 64.6 Å². The van der Waals surface area contributed by atoms with Crippen molar-refractivity contribution in [3.05, 3.63) is 77.4 Å². The Morgan fingerprint density at radius 2 is 1.64 bits per heavy atom. The van der Waals surface area contributed by atoms with Gasteiger partial charge in [0.1, 0.15) is 6.33 Å². The number of fused-ring (bicyclic) bond motifs is 1. The van der Waals surface area contributed by atoms with Gasteiger partial charge in [-0.05, 0) is 54.9 Å². The van der Waals surface area contributed by atoms with Crippen molar-refractivity contribution in [2.24, 2.45) is 0 Å². The van der Waals surface area contributed by atoms with Gasteiger partial charge in [-0.3, -0.25) is 4.79 Å². The minimum Gasteiger partial charge on any atom is -0.369 e. The molecule has 5 rings (SSSR count). The molecule has 2 aliphatic rings. The number of carbonyl (C=O) groups excluding carboxylic acids is 1. The van der Waals surface area contributed by atoms with Gasteiger partial charge in [0.2, 0.25) is 0 Å². The van der Waals surface area contributed by atoms with E-state index < -0.39 is 17.6 Å². The Morgan fingerprint density at radius 3 is 2.36 bits per heavy atom. The predicted octanol–water partition coefficient (Wildman–Crippen LogP) is 4.06. The predicted molar refractivity (Wildman–Crippen MR) is 132 cm³/mol. The molecule has 36 heavy (non-hydrogen) atoms. The number of anilines is 3. The standard InChI is InChI=1S/C26H27F3N6O/c1-33-6-8-34(9-7-33)23-12-21(26(27,28)29)11-22(13-23)32-25(36)19-3-2-18-4-5-35(16-20(18)10-19)24-14-30-17-31-15-24/h2-3,10-15,17H,4-9,16H2,1H3,(H,32,36). The lowest BCUT2D eigenvalue weighted by atomic mass is 9.97. The summed E-state index contributed by atoms with van der Waals surface area (Å²) in [4.78, 5) is 27.4. The van der Waals surface area contributed by atoms with Crippen LogP contribution in [0.4, 0.5) is 30.2 Å². The Bertz CT molecular complexity index is 1240. The maximum Gasteiger partial charge on any atom is 0.416 e. The molecule has 1 saturated heterocycles. The summed E-state index contributed by atoms with van der Waals surface area (Å²) in [5, 5.41) is 2.70. The Morgan fingerprint density at radius 1 is 0.889 bits per heavy atom. The summed E-state index contributed by atoms with van der Waals surface area (Å²) in [7, 11) is 1.99. The average molecular weight is 497 g/mol. The zero-order valence-electron chi connectivity index (χ0n) is 19.9. The van der Waals surface area contributed by atoms with Gasteiger partial charge in [-0.1, -0.05) is 6.07 Å². The fourth-order valence-corrected chi connectivity index (χ4v) is 4.67. The molecule has 7 nitrogen and oxygen atoms in total. The highest BCUT2D eigenvalue weighted by Crippen LogP contribution is 2.35. The van der Waals surface area contributed by atoms with Gasteiger partial charge < -0.3 is 20.0 Å². The first kappa shape index (κ1) is 24.1. The van der Waals surface area contributed by atoms with E-state index in [1.54, 1.807) is 24.5 Å². The van der Waals surface area contributed by atoms with Gasteiger partial charge in [-0.15, -0.1) is 0 Å². The molecule has 0 saturated carbocycles. The zero-order valence-corrected chi connectivity index (χ0v) is 19.9. The van der Waals surface area contributed by atoms with Gasteiger partial charge in [-0.2, -0.15) is 13.2 Å². The molecule has 10 heteroatoms. The third-order valence-corrected chi connectivity index (χ3v) is 6.76. The zero-order chi connectivity index (χ0) is 25.3. The number of alkyl halides is 3. The number of nitrogens with zero attached hydrogens (tertiary/aromatic N) is 5. The van der Waals surface area contributed by atoms with Crippen LogP contribution in [0.15, 0.2) is 55.1 Å². The van der Waals surface area contributed by atoms with Crippen LogP contribution >= 0.6 is 0 Å². The number of hydrogen-bond acceptors (Lipinski definition) is 6. The fourth-order valence-electron chi connectivity index (χ4n) is 4.67. The van der Waals surface area contributed by atoms with Gasteiger partial charge in [0.25, 0.3) is 5.91 Å². The number of benzene rings is 2. The Labute approximate surface area is 207 Å². The molecule has 3 aromatic rings. The summed E-state index contributed by atoms with van der Waals surface area (Å²) in [6.45, 7) is 4.18. The van der Waals surface area contributed by atoms with E-state index in [2.05, 4.69) is 25.1 Å². The van der Waals surface area contributed by atoms with E-state index in [0.717, 1.165) is 55.0 Å². The van der Waals surface area contributed by atoms with Crippen LogP contribution in [0.5, 0.6) is 0 Å². The molecule has 0 unspecified atom stereocenters. The first-order valence-corrected chi connectivity index (χ1v) is 11.9. The number of nitrogens with one attached hydrogen (secondary N) is 1. The number of piperazine rings is 1. The van der Waals surface area contributed by atoms with Crippen molar-refractivity contribution in [2.75, 3.05) is 54.9 Å². The lowest BCUT2D eigenvalue weighted by Crippen LogP contribution is -2.44. The van der Waals surface area contributed by atoms with E-state index >= 15 is 0 Å². The van der Waals surface area contributed by atoms with Gasteiger partial charge in [0.15, 0.2) is 0 Å². The molecule has 188 valence electrons. The molecule has 2 aromatic carbocycles. The maximum absolute atomic E-state index is 13.6. The van der Waals surface area contributed by atoms with Crippen molar-refractivity contribution in [1.82, 2.24) is 14.9 Å². The summed E-state index contributed by atoms with van der Waals surface area (Å²) >= 11 is 0. The van der Waals surface area contributed by atoms with E-state index in [-0.39, 0.29) is 5.69 Å². The quantitative estimate of drug-likeness (QED) is 0.588. The number of amides is 1. The molecule has 0 atom stereocenters. The smallest absolute Gasteiger partial charge is 0.369 e. The van der Waals surface area contributed by atoms with E-state index in [9.17, 15) is 18.0 Å². The minimum absolute atomic E-state index is 0.129. The summed E-state index contributed by atoms with van der Waals surface area (Å²) in [5.74, 6) is -0.443. The fraction of sp³-hybridized carbons (Fsp3) is 0.346. The molecule has 1 aromatic heterocycles. The lowest BCUT2D eigenvalue weighted by Gasteiger charge is -2.34. The van der Waals surface area contributed by atoms with E-state index in [1.807, 2.05) is 24.1 Å². The Kier molecular flexibility index (Phi) is 6.53. The van der Waals surface area contributed by atoms with Gasteiger partial charge in [-0.25, -0.2) is 9.97 Å². The summed E-state index contributed by atoms with van der Waals surface area (Å²) in [6.07, 6.45) is 1.28. The average Bonchev–Trinajstić information content (AvgIpc) is 2.88. The Hall–Kier alpha value is -3.66. The highest BCUT2D eigenvalue weighted by Gasteiger charge is 2.32. The van der Waals surface area contributed by atoms with Crippen molar-refractivity contribution in [3.8, 4) is 0 Å².